The van der Waals surface area contributed by atoms with E-state index in [4.69, 9.17) is 10.8 Å². The summed E-state index contributed by atoms with van der Waals surface area (Å²) in [5.41, 5.74) is 4.88. The van der Waals surface area contributed by atoms with E-state index in [1.54, 1.807) is 0 Å². The van der Waals surface area contributed by atoms with Crippen LogP contribution >= 0.6 is 0 Å². The lowest BCUT2D eigenvalue weighted by Crippen LogP contribution is -2.26. The molecule has 4 N–H and O–H groups in total. The molecule has 0 unspecified atom stereocenters. The van der Waals surface area contributed by atoms with E-state index in [9.17, 15) is 13.2 Å². The number of alkyl halides is 3. The van der Waals surface area contributed by atoms with Gasteiger partial charge in [-0.2, -0.15) is 13.2 Å². The minimum atomic E-state index is -4.39. The highest BCUT2D eigenvalue weighted by Gasteiger charge is 2.42. The summed E-state index contributed by atoms with van der Waals surface area (Å²) in [7, 11) is 0. The second-order valence-electron chi connectivity index (χ2n) is 4.36. The number of nitrogen functional groups attached to an aromatic ring is 1. The average molecular weight is 246 g/mol. The van der Waals surface area contributed by atoms with Crippen LogP contribution in [0.2, 0.25) is 0 Å². The highest BCUT2D eigenvalue weighted by atomic mass is 19.4. The molecule has 6 heteroatoms. The zero-order valence-electron chi connectivity index (χ0n) is 9.01. The number of aliphatic hydroxyl groups excluding tert-OH is 1. The Bertz CT molecular complexity index is 427. The van der Waals surface area contributed by atoms with Crippen molar-refractivity contribution in [1.29, 1.82) is 0 Å². The van der Waals surface area contributed by atoms with Gasteiger partial charge in [-0.25, -0.2) is 0 Å². The summed E-state index contributed by atoms with van der Waals surface area (Å²) >= 11 is 0. The molecule has 1 aliphatic carbocycles. The highest BCUT2D eigenvalue weighted by Crippen LogP contribution is 2.40. The summed E-state index contributed by atoms with van der Waals surface area (Å²) in [6, 6.07) is 3.18. The fourth-order valence-electron chi connectivity index (χ4n) is 1.61. The largest absolute Gasteiger partial charge is 0.416 e. The molecule has 0 heterocycles. The second kappa shape index (κ2) is 3.80. The van der Waals surface area contributed by atoms with Crippen LogP contribution in [-0.2, 0) is 6.18 Å². The van der Waals surface area contributed by atoms with Gasteiger partial charge < -0.3 is 16.2 Å². The number of benzene rings is 1. The molecular weight excluding hydrogens is 233 g/mol. The van der Waals surface area contributed by atoms with Crippen LogP contribution in [0.4, 0.5) is 24.5 Å². The first-order chi connectivity index (χ1) is 7.86. The van der Waals surface area contributed by atoms with Crippen molar-refractivity contribution >= 4 is 11.4 Å². The first-order valence-corrected chi connectivity index (χ1v) is 5.22. The molecule has 2 rings (SSSR count). The second-order valence-corrected chi connectivity index (χ2v) is 4.36. The maximum absolute atomic E-state index is 12.4. The lowest BCUT2D eigenvalue weighted by atomic mass is 10.1. The Balaban J connectivity index is 2.20. The van der Waals surface area contributed by atoms with E-state index >= 15 is 0 Å². The quantitative estimate of drug-likeness (QED) is 0.717. The van der Waals surface area contributed by atoms with Gasteiger partial charge in [-0.1, -0.05) is 0 Å². The fraction of sp³-hybridized carbons (Fsp3) is 0.455. The third-order valence-corrected chi connectivity index (χ3v) is 2.93. The molecular formula is C11H13F3N2O. The van der Waals surface area contributed by atoms with Gasteiger partial charge in [-0.3, -0.25) is 0 Å². The number of nitrogens with one attached hydrogen (secondary N) is 1. The van der Waals surface area contributed by atoms with Crippen molar-refractivity contribution in [3.63, 3.8) is 0 Å². The molecule has 1 aliphatic rings. The predicted octanol–water partition coefficient (Wildman–Crippen LogP) is 2.22. The molecule has 1 fully saturated rings. The Morgan fingerprint density at radius 2 is 2.00 bits per heavy atom. The van der Waals surface area contributed by atoms with Gasteiger partial charge in [0.25, 0.3) is 0 Å². The number of anilines is 2. The van der Waals surface area contributed by atoms with Crippen molar-refractivity contribution < 1.29 is 18.3 Å². The third-order valence-electron chi connectivity index (χ3n) is 2.93. The van der Waals surface area contributed by atoms with Crippen LogP contribution in [-0.4, -0.2) is 17.3 Å². The van der Waals surface area contributed by atoms with Crippen LogP contribution in [0.3, 0.4) is 0 Å². The molecule has 0 aromatic heterocycles. The molecule has 0 saturated heterocycles. The number of hydrogen-bond donors (Lipinski definition) is 3. The lowest BCUT2D eigenvalue weighted by molar-refractivity contribution is -0.137. The maximum atomic E-state index is 12.4. The molecule has 0 amide bonds. The van der Waals surface area contributed by atoms with Crippen LogP contribution in [0.25, 0.3) is 0 Å². The molecule has 0 bridgehead atoms. The Hall–Kier alpha value is -1.43. The van der Waals surface area contributed by atoms with Gasteiger partial charge in [0.2, 0.25) is 0 Å². The van der Waals surface area contributed by atoms with Gasteiger partial charge in [-0.05, 0) is 31.0 Å². The minimum Gasteiger partial charge on any atom is -0.397 e. The van der Waals surface area contributed by atoms with E-state index in [0.29, 0.717) is 5.69 Å². The first kappa shape index (κ1) is 12.0. The molecule has 0 atom stereocenters. The zero-order valence-corrected chi connectivity index (χ0v) is 9.01. The summed E-state index contributed by atoms with van der Waals surface area (Å²) in [6.07, 6.45) is -2.80. The zero-order chi connectivity index (χ0) is 12.7. The number of rotatable bonds is 3. The molecule has 0 radical (unpaired) electrons. The molecule has 0 spiro atoms. The van der Waals surface area contributed by atoms with E-state index in [2.05, 4.69) is 5.32 Å². The third kappa shape index (κ3) is 2.46. The predicted molar refractivity (Wildman–Crippen MR) is 58.5 cm³/mol. The molecule has 0 aliphatic heterocycles. The number of halogens is 3. The Morgan fingerprint density at radius 3 is 2.41 bits per heavy atom. The Morgan fingerprint density at radius 1 is 1.35 bits per heavy atom. The van der Waals surface area contributed by atoms with Gasteiger partial charge >= 0.3 is 6.18 Å². The number of aliphatic hydroxyl groups is 1. The van der Waals surface area contributed by atoms with E-state index < -0.39 is 17.3 Å². The Kier molecular flexibility index (Phi) is 2.69. The lowest BCUT2D eigenvalue weighted by Gasteiger charge is -2.18. The van der Waals surface area contributed by atoms with Crippen molar-refractivity contribution in [3.05, 3.63) is 23.8 Å². The van der Waals surface area contributed by atoms with E-state index in [-0.39, 0.29) is 12.3 Å². The molecule has 1 aromatic carbocycles. The van der Waals surface area contributed by atoms with Gasteiger partial charge in [0.15, 0.2) is 0 Å². The molecule has 94 valence electrons. The van der Waals surface area contributed by atoms with Crippen LogP contribution in [0.1, 0.15) is 18.4 Å². The van der Waals surface area contributed by atoms with Gasteiger partial charge in [0, 0.05) is 0 Å². The van der Waals surface area contributed by atoms with E-state index in [1.807, 2.05) is 0 Å². The van der Waals surface area contributed by atoms with E-state index in [0.717, 1.165) is 25.0 Å². The van der Waals surface area contributed by atoms with Gasteiger partial charge in [-0.15, -0.1) is 0 Å². The van der Waals surface area contributed by atoms with E-state index in [1.165, 1.54) is 6.07 Å². The first-order valence-electron chi connectivity index (χ1n) is 5.22. The molecule has 3 nitrogen and oxygen atoms in total. The van der Waals surface area contributed by atoms with Crippen molar-refractivity contribution in [2.75, 3.05) is 17.7 Å². The maximum Gasteiger partial charge on any atom is 0.416 e. The van der Waals surface area contributed by atoms with Crippen molar-refractivity contribution in [2.24, 2.45) is 0 Å². The molecule has 1 saturated carbocycles. The molecule has 17 heavy (non-hydrogen) atoms. The smallest absolute Gasteiger partial charge is 0.397 e. The minimum absolute atomic E-state index is 0.0413. The van der Waals surface area contributed by atoms with Crippen LogP contribution in [0.5, 0.6) is 0 Å². The fourth-order valence-corrected chi connectivity index (χ4v) is 1.61. The summed E-state index contributed by atoms with van der Waals surface area (Å²) in [4.78, 5) is 0. The van der Waals surface area contributed by atoms with Crippen LogP contribution in [0, 0.1) is 0 Å². The summed E-state index contributed by atoms with van der Waals surface area (Å²) < 4.78 is 37.2. The average Bonchev–Trinajstić information content (AvgIpc) is 3.00. The van der Waals surface area contributed by atoms with Crippen molar-refractivity contribution in [2.45, 2.75) is 24.6 Å². The van der Waals surface area contributed by atoms with Gasteiger partial charge in [0.1, 0.15) is 0 Å². The highest BCUT2D eigenvalue weighted by molar-refractivity contribution is 5.68. The SMILES string of the molecule is Nc1cc(C(F)(F)F)ccc1NC1(CO)CC1. The monoisotopic (exact) mass is 246 g/mol. The Labute approximate surface area is 96.4 Å². The van der Waals surface area contributed by atoms with Crippen LogP contribution < -0.4 is 11.1 Å². The standard InChI is InChI=1S/C11H13F3N2O/c12-11(13,14)7-1-2-9(8(15)5-7)16-10(6-17)3-4-10/h1-2,5,16-17H,3-4,6,15H2. The van der Waals surface area contributed by atoms with Crippen LogP contribution in [0.15, 0.2) is 18.2 Å². The summed E-state index contributed by atoms with van der Waals surface area (Å²) in [5.74, 6) is 0. The summed E-state index contributed by atoms with van der Waals surface area (Å²) in [6.45, 7) is -0.0482. The van der Waals surface area contributed by atoms with Crippen molar-refractivity contribution in [3.8, 4) is 0 Å². The topological polar surface area (TPSA) is 58.3 Å². The number of nitrogens with two attached hydrogens (primary N) is 1. The van der Waals surface area contributed by atoms with Crippen molar-refractivity contribution in [1.82, 2.24) is 0 Å². The van der Waals surface area contributed by atoms with Gasteiger partial charge in [0.05, 0.1) is 29.1 Å². The normalized spacial score (nSPS) is 17.9. The molecule has 1 aromatic rings. The number of hydrogen-bond acceptors (Lipinski definition) is 3. The summed E-state index contributed by atoms with van der Waals surface area (Å²) in [5, 5.41) is 12.1.